The minimum atomic E-state index is -0.670. The first-order valence-electron chi connectivity index (χ1n) is 5.42. The third kappa shape index (κ3) is 2.59. The van der Waals surface area contributed by atoms with Gasteiger partial charge in [-0.25, -0.2) is 13.8 Å². The molecular formula is C11H17F2N3. The molecular weight excluding hydrogens is 212 g/mol. The molecule has 1 aromatic rings. The summed E-state index contributed by atoms with van der Waals surface area (Å²) in [7, 11) is 1.56. The summed E-state index contributed by atoms with van der Waals surface area (Å²) < 4.78 is 26.8. The van der Waals surface area contributed by atoms with Gasteiger partial charge in [0.1, 0.15) is 0 Å². The number of nitrogens with one attached hydrogen (secondary N) is 1. The van der Waals surface area contributed by atoms with Crippen molar-refractivity contribution in [3.63, 3.8) is 0 Å². The van der Waals surface area contributed by atoms with Crippen molar-refractivity contribution in [2.24, 2.45) is 0 Å². The maximum Gasteiger partial charge on any atom is 0.168 e. The summed E-state index contributed by atoms with van der Waals surface area (Å²) in [5.74, 6) is -1.01. The minimum Gasteiger partial charge on any atom is -0.371 e. The van der Waals surface area contributed by atoms with E-state index in [0.717, 1.165) is 12.5 Å². The van der Waals surface area contributed by atoms with E-state index in [2.05, 4.69) is 10.3 Å². The molecule has 3 nitrogen and oxygen atoms in total. The van der Waals surface area contributed by atoms with E-state index in [0.29, 0.717) is 13.1 Å². The van der Waals surface area contributed by atoms with E-state index in [1.807, 2.05) is 13.8 Å². The van der Waals surface area contributed by atoms with Gasteiger partial charge in [-0.3, -0.25) is 0 Å². The van der Waals surface area contributed by atoms with Gasteiger partial charge in [0.2, 0.25) is 0 Å². The molecule has 0 atom stereocenters. The van der Waals surface area contributed by atoms with Crippen LogP contribution in [0.2, 0.25) is 0 Å². The van der Waals surface area contributed by atoms with Crippen molar-refractivity contribution in [2.45, 2.75) is 20.3 Å². The molecule has 0 unspecified atom stereocenters. The molecule has 1 aromatic heterocycles. The summed E-state index contributed by atoms with van der Waals surface area (Å²) in [6.07, 6.45) is 0.890. The van der Waals surface area contributed by atoms with Crippen molar-refractivity contribution in [3.05, 3.63) is 17.7 Å². The Balaban J connectivity index is 3.10. The van der Waals surface area contributed by atoms with Gasteiger partial charge in [-0.2, -0.15) is 0 Å². The predicted octanol–water partition coefficient (Wildman–Crippen LogP) is 2.64. The van der Waals surface area contributed by atoms with Crippen molar-refractivity contribution in [1.29, 1.82) is 0 Å². The Labute approximate surface area is 94.5 Å². The zero-order chi connectivity index (χ0) is 12.1. The number of rotatable bonds is 5. The highest BCUT2D eigenvalue weighted by Crippen LogP contribution is 2.22. The predicted molar refractivity (Wildman–Crippen MR) is 61.9 cm³/mol. The average Bonchev–Trinajstić information content (AvgIpc) is 2.27. The lowest BCUT2D eigenvalue weighted by Gasteiger charge is -2.22. The highest BCUT2D eigenvalue weighted by Gasteiger charge is 2.15. The van der Waals surface area contributed by atoms with E-state index in [-0.39, 0.29) is 11.6 Å². The summed E-state index contributed by atoms with van der Waals surface area (Å²) in [6.45, 7) is 5.27. The van der Waals surface area contributed by atoms with Crippen molar-refractivity contribution < 1.29 is 8.78 Å². The van der Waals surface area contributed by atoms with Crippen LogP contribution in [0, 0.1) is 11.6 Å². The van der Waals surface area contributed by atoms with Gasteiger partial charge >= 0.3 is 0 Å². The van der Waals surface area contributed by atoms with Crippen LogP contribution in [0.5, 0.6) is 0 Å². The fraction of sp³-hybridized carbons (Fsp3) is 0.545. The van der Waals surface area contributed by atoms with Crippen molar-refractivity contribution in [3.8, 4) is 0 Å². The monoisotopic (exact) mass is 229 g/mol. The Morgan fingerprint density at radius 1 is 1.31 bits per heavy atom. The van der Waals surface area contributed by atoms with Crippen LogP contribution in [-0.4, -0.2) is 25.1 Å². The summed E-state index contributed by atoms with van der Waals surface area (Å²) in [6, 6.07) is 0.868. The van der Waals surface area contributed by atoms with Crippen molar-refractivity contribution in [1.82, 2.24) is 4.98 Å². The summed E-state index contributed by atoms with van der Waals surface area (Å²) in [5.41, 5.74) is 0. The second-order valence-electron chi connectivity index (χ2n) is 3.45. The number of hydrogen-bond donors (Lipinski definition) is 1. The molecule has 0 saturated carbocycles. The van der Waals surface area contributed by atoms with E-state index in [4.69, 9.17) is 0 Å². The Morgan fingerprint density at radius 3 is 2.50 bits per heavy atom. The average molecular weight is 229 g/mol. The first kappa shape index (κ1) is 12.7. The first-order chi connectivity index (χ1) is 7.63. The van der Waals surface area contributed by atoms with Crippen LogP contribution in [0.15, 0.2) is 6.07 Å². The molecule has 0 aliphatic rings. The second kappa shape index (κ2) is 5.63. The Kier molecular flexibility index (Phi) is 4.46. The van der Waals surface area contributed by atoms with Gasteiger partial charge < -0.3 is 10.2 Å². The maximum absolute atomic E-state index is 13.6. The number of nitrogens with zero attached hydrogens (tertiary/aromatic N) is 2. The van der Waals surface area contributed by atoms with Crippen LogP contribution in [0.25, 0.3) is 0 Å². The Hall–Kier alpha value is -1.39. The van der Waals surface area contributed by atoms with E-state index in [1.165, 1.54) is 0 Å². The Bertz CT molecular complexity index is 355. The van der Waals surface area contributed by atoms with Crippen molar-refractivity contribution >= 4 is 11.6 Å². The van der Waals surface area contributed by atoms with Crippen LogP contribution >= 0.6 is 0 Å². The first-order valence-corrected chi connectivity index (χ1v) is 5.42. The van der Waals surface area contributed by atoms with Gasteiger partial charge in [-0.05, 0) is 13.3 Å². The molecule has 1 N–H and O–H groups in total. The van der Waals surface area contributed by atoms with E-state index >= 15 is 0 Å². The lowest BCUT2D eigenvalue weighted by atomic mass is 10.3. The van der Waals surface area contributed by atoms with Gasteiger partial charge in [0.25, 0.3) is 0 Å². The van der Waals surface area contributed by atoms with E-state index in [1.54, 1.807) is 11.9 Å². The van der Waals surface area contributed by atoms with Gasteiger partial charge in [-0.15, -0.1) is 0 Å². The third-order valence-corrected chi connectivity index (χ3v) is 2.32. The molecule has 0 spiro atoms. The molecule has 0 radical (unpaired) electrons. The fourth-order valence-electron chi connectivity index (χ4n) is 1.54. The molecule has 90 valence electrons. The standard InChI is InChI=1S/C11H17F2N3/c1-4-6-16(5-2)11-9(13)7-8(12)10(14-3)15-11/h7H,4-6H2,1-3H3,(H,14,15). The lowest BCUT2D eigenvalue weighted by molar-refractivity contribution is 0.570. The van der Waals surface area contributed by atoms with Crippen LogP contribution in [0.4, 0.5) is 20.4 Å². The molecule has 0 fully saturated rings. The molecule has 0 bridgehead atoms. The van der Waals surface area contributed by atoms with E-state index < -0.39 is 11.6 Å². The molecule has 0 aromatic carbocycles. The van der Waals surface area contributed by atoms with Gasteiger partial charge in [-0.1, -0.05) is 6.92 Å². The van der Waals surface area contributed by atoms with Crippen LogP contribution in [0.3, 0.4) is 0 Å². The normalized spacial score (nSPS) is 10.3. The largest absolute Gasteiger partial charge is 0.371 e. The topological polar surface area (TPSA) is 28.2 Å². The highest BCUT2D eigenvalue weighted by molar-refractivity contribution is 5.48. The Morgan fingerprint density at radius 2 is 2.00 bits per heavy atom. The minimum absolute atomic E-state index is 0.0750. The molecule has 0 aliphatic carbocycles. The molecule has 5 heteroatoms. The molecule has 0 aliphatic heterocycles. The molecule has 0 saturated heterocycles. The third-order valence-electron chi connectivity index (χ3n) is 2.32. The van der Waals surface area contributed by atoms with Gasteiger partial charge in [0, 0.05) is 26.2 Å². The quantitative estimate of drug-likeness (QED) is 0.841. The highest BCUT2D eigenvalue weighted by atomic mass is 19.1. The summed E-state index contributed by atoms with van der Waals surface area (Å²) in [5, 5.41) is 2.60. The SMILES string of the molecule is CCCN(CC)c1nc(NC)c(F)cc1F. The maximum atomic E-state index is 13.6. The van der Waals surface area contributed by atoms with E-state index in [9.17, 15) is 8.78 Å². The van der Waals surface area contributed by atoms with Crippen LogP contribution in [0.1, 0.15) is 20.3 Å². The van der Waals surface area contributed by atoms with Crippen LogP contribution < -0.4 is 10.2 Å². The number of anilines is 2. The molecule has 16 heavy (non-hydrogen) atoms. The van der Waals surface area contributed by atoms with Gasteiger partial charge in [0.05, 0.1) is 0 Å². The molecule has 1 rings (SSSR count). The second-order valence-corrected chi connectivity index (χ2v) is 3.45. The smallest absolute Gasteiger partial charge is 0.168 e. The summed E-state index contributed by atoms with van der Waals surface area (Å²) >= 11 is 0. The molecule has 0 amide bonds. The fourth-order valence-corrected chi connectivity index (χ4v) is 1.54. The van der Waals surface area contributed by atoms with Crippen LogP contribution in [-0.2, 0) is 0 Å². The number of hydrogen-bond acceptors (Lipinski definition) is 3. The summed E-state index contributed by atoms with van der Waals surface area (Å²) in [4.78, 5) is 5.73. The zero-order valence-corrected chi connectivity index (χ0v) is 9.85. The number of halogens is 2. The van der Waals surface area contributed by atoms with Crippen molar-refractivity contribution in [2.75, 3.05) is 30.4 Å². The van der Waals surface area contributed by atoms with Gasteiger partial charge in [0.15, 0.2) is 23.3 Å². The number of pyridine rings is 1. The zero-order valence-electron chi connectivity index (χ0n) is 9.85. The number of aromatic nitrogens is 1. The molecule has 1 heterocycles. The lowest BCUT2D eigenvalue weighted by Crippen LogP contribution is -2.26.